The van der Waals surface area contributed by atoms with E-state index in [1.165, 1.54) is 0 Å². The van der Waals surface area contributed by atoms with E-state index < -0.39 is 5.41 Å². The number of carbonyl (C=O) groups excluding carboxylic acids is 1. The fraction of sp³-hybridized carbons (Fsp3) is 0.467. The molecule has 91 valence electrons. The number of nitrogens with zero attached hydrogens (tertiary/aromatic N) is 1. The summed E-state index contributed by atoms with van der Waals surface area (Å²) in [6.07, 6.45) is 0.966. The van der Waals surface area contributed by atoms with E-state index in [1.54, 1.807) is 0 Å². The minimum Gasteiger partial charge on any atom is -0.309 e. The second-order valence-corrected chi connectivity index (χ2v) is 5.41. The van der Waals surface area contributed by atoms with Gasteiger partial charge in [0, 0.05) is 11.7 Å². The molecule has 1 aromatic rings. The molecule has 2 heteroatoms. The van der Waals surface area contributed by atoms with Gasteiger partial charge in [-0.3, -0.25) is 4.79 Å². The fourth-order valence-electron chi connectivity index (χ4n) is 2.44. The normalized spacial score (nSPS) is 19.4. The van der Waals surface area contributed by atoms with Crippen molar-refractivity contribution in [3.05, 3.63) is 36.2 Å². The molecule has 1 amide bonds. The average Bonchev–Trinajstić information content (AvgIpc) is 2.48. The third-order valence-electron chi connectivity index (χ3n) is 3.78. The lowest BCUT2D eigenvalue weighted by Crippen LogP contribution is -2.41. The van der Waals surface area contributed by atoms with Crippen LogP contribution in [0.25, 0.3) is 0 Å². The van der Waals surface area contributed by atoms with E-state index in [1.807, 2.05) is 36.9 Å². The molecule has 17 heavy (non-hydrogen) atoms. The van der Waals surface area contributed by atoms with E-state index in [4.69, 9.17) is 0 Å². The van der Waals surface area contributed by atoms with Gasteiger partial charge in [0.25, 0.3) is 0 Å². The Morgan fingerprint density at radius 1 is 1.41 bits per heavy atom. The Labute approximate surface area is 104 Å². The highest BCUT2D eigenvalue weighted by Crippen LogP contribution is 2.43. The molecule has 1 heterocycles. The Morgan fingerprint density at radius 3 is 2.65 bits per heavy atom. The molecule has 0 spiro atoms. The van der Waals surface area contributed by atoms with Gasteiger partial charge in [-0.1, -0.05) is 19.1 Å². The zero-order chi connectivity index (χ0) is 12.8. The number of hydrogen-bond acceptors (Lipinski definition) is 1. The summed E-state index contributed by atoms with van der Waals surface area (Å²) in [5.74, 6) is 0.201. The lowest BCUT2D eigenvalue weighted by molar-refractivity contribution is -0.122. The highest BCUT2D eigenvalue weighted by atomic mass is 16.2. The van der Waals surface area contributed by atoms with Crippen LogP contribution in [-0.2, 0) is 10.2 Å². The van der Waals surface area contributed by atoms with Gasteiger partial charge in [0.2, 0.25) is 5.91 Å². The largest absolute Gasteiger partial charge is 0.309 e. The maximum atomic E-state index is 12.5. The predicted octanol–water partition coefficient (Wildman–Crippen LogP) is 3.29. The second kappa shape index (κ2) is 3.86. The average molecular weight is 230 g/mol. The molecule has 1 aliphatic heterocycles. The van der Waals surface area contributed by atoms with Gasteiger partial charge in [-0.15, -0.1) is 0 Å². The van der Waals surface area contributed by atoms with Crippen LogP contribution in [0.1, 0.15) is 45.2 Å². The maximum Gasteiger partial charge on any atom is 0.237 e. The van der Waals surface area contributed by atoms with Gasteiger partial charge in [-0.05, 0) is 51.3 Å². The molecular formula is C15H20NO. The van der Waals surface area contributed by atoms with Crippen molar-refractivity contribution >= 4 is 11.6 Å². The molecule has 1 radical (unpaired) electrons. The number of rotatable bonds is 2. The van der Waals surface area contributed by atoms with Crippen LogP contribution < -0.4 is 4.90 Å². The summed E-state index contributed by atoms with van der Waals surface area (Å²) < 4.78 is 0. The summed E-state index contributed by atoms with van der Waals surface area (Å²) in [6, 6.07) is 6.29. The second-order valence-electron chi connectivity index (χ2n) is 5.41. The first-order valence-electron chi connectivity index (χ1n) is 6.19. The van der Waals surface area contributed by atoms with Crippen molar-refractivity contribution < 1.29 is 4.79 Å². The number of anilines is 1. The number of amides is 1. The molecule has 2 nitrogen and oxygen atoms in total. The van der Waals surface area contributed by atoms with Gasteiger partial charge in [-0.2, -0.15) is 0 Å². The Balaban J connectivity index is 2.59. The quantitative estimate of drug-likeness (QED) is 0.763. The van der Waals surface area contributed by atoms with Gasteiger partial charge < -0.3 is 4.90 Å². The fourth-order valence-corrected chi connectivity index (χ4v) is 2.44. The monoisotopic (exact) mass is 230 g/mol. The summed E-state index contributed by atoms with van der Waals surface area (Å²) in [7, 11) is 0. The van der Waals surface area contributed by atoms with Crippen LogP contribution in [0.5, 0.6) is 0 Å². The van der Waals surface area contributed by atoms with Crippen molar-refractivity contribution in [2.75, 3.05) is 4.90 Å². The number of fused-ring (bicyclic) bond motifs is 1. The lowest BCUT2D eigenvalue weighted by Gasteiger charge is -2.26. The van der Waals surface area contributed by atoms with E-state index >= 15 is 0 Å². The highest BCUT2D eigenvalue weighted by Gasteiger charge is 2.44. The maximum absolute atomic E-state index is 12.5. The van der Waals surface area contributed by atoms with Crippen molar-refractivity contribution in [2.45, 2.75) is 45.6 Å². The van der Waals surface area contributed by atoms with Crippen molar-refractivity contribution in [3.8, 4) is 0 Å². The highest BCUT2D eigenvalue weighted by molar-refractivity contribution is 6.08. The molecule has 0 bridgehead atoms. The van der Waals surface area contributed by atoms with Gasteiger partial charge >= 0.3 is 0 Å². The van der Waals surface area contributed by atoms with Gasteiger partial charge in [-0.25, -0.2) is 0 Å². The molecule has 2 rings (SSSR count). The minimum absolute atomic E-state index is 0.201. The molecular weight excluding hydrogens is 210 g/mol. The van der Waals surface area contributed by atoms with E-state index in [0.717, 1.165) is 23.2 Å². The Hall–Kier alpha value is -1.31. The molecule has 0 aliphatic carbocycles. The zero-order valence-corrected chi connectivity index (χ0v) is 11.1. The number of benzene rings is 1. The van der Waals surface area contributed by atoms with Gasteiger partial charge in [0.1, 0.15) is 0 Å². The van der Waals surface area contributed by atoms with Crippen LogP contribution in [0.3, 0.4) is 0 Å². The number of carbonyl (C=O) groups is 1. The number of hydrogen-bond donors (Lipinski definition) is 0. The first kappa shape index (κ1) is 12.2. The van der Waals surface area contributed by atoms with E-state index in [-0.39, 0.29) is 11.9 Å². The Kier molecular flexibility index (Phi) is 2.76. The third kappa shape index (κ3) is 1.67. The third-order valence-corrected chi connectivity index (χ3v) is 3.78. The smallest absolute Gasteiger partial charge is 0.237 e. The zero-order valence-electron chi connectivity index (χ0n) is 11.1. The Morgan fingerprint density at radius 2 is 2.06 bits per heavy atom. The SMILES string of the molecule is [CH2]c1ccc2c(c1)C(C)(C)C(=O)N2C(C)CC. The molecule has 0 saturated carbocycles. The first-order chi connectivity index (χ1) is 7.89. The molecule has 0 aromatic heterocycles. The summed E-state index contributed by atoms with van der Waals surface area (Å²) in [4.78, 5) is 14.4. The molecule has 1 aromatic carbocycles. The van der Waals surface area contributed by atoms with E-state index in [9.17, 15) is 4.79 Å². The van der Waals surface area contributed by atoms with Crippen LogP contribution in [0.2, 0.25) is 0 Å². The van der Waals surface area contributed by atoms with E-state index in [0.29, 0.717) is 0 Å². The summed E-state index contributed by atoms with van der Waals surface area (Å²) in [5, 5.41) is 0. The molecule has 0 saturated heterocycles. The van der Waals surface area contributed by atoms with E-state index in [2.05, 4.69) is 20.8 Å². The molecule has 1 unspecified atom stereocenters. The molecule has 0 N–H and O–H groups in total. The summed E-state index contributed by atoms with van der Waals surface area (Å²) in [6.45, 7) is 12.1. The van der Waals surface area contributed by atoms with Crippen molar-refractivity contribution in [2.24, 2.45) is 0 Å². The van der Waals surface area contributed by atoms with Crippen LogP contribution in [0, 0.1) is 6.92 Å². The van der Waals surface area contributed by atoms with Crippen molar-refractivity contribution in [3.63, 3.8) is 0 Å². The van der Waals surface area contributed by atoms with Crippen LogP contribution in [0.4, 0.5) is 5.69 Å². The Bertz CT molecular complexity index is 462. The topological polar surface area (TPSA) is 20.3 Å². The van der Waals surface area contributed by atoms with Gasteiger partial charge in [0.05, 0.1) is 5.41 Å². The van der Waals surface area contributed by atoms with Gasteiger partial charge in [0.15, 0.2) is 0 Å². The molecule has 1 atom stereocenters. The van der Waals surface area contributed by atoms with Crippen LogP contribution in [0.15, 0.2) is 18.2 Å². The molecule has 0 fully saturated rings. The standard InChI is InChI=1S/C15H20NO/c1-6-11(3)16-13-8-7-10(2)9-12(13)15(4,5)14(16)17/h7-9,11H,2,6H2,1,3-5H3. The summed E-state index contributed by atoms with van der Waals surface area (Å²) in [5.41, 5.74) is 2.71. The lowest BCUT2D eigenvalue weighted by atomic mass is 9.85. The van der Waals surface area contributed by atoms with Crippen LogP contribution >= 0.6 is 0 Å². The van der Waals surface area contributed by atoms with Crippen molar-refractivity contribution in [1.82, 2.24) is 0 Å². The molecule has 1 aliphatic rings. The minimum atomic E-state index is -0.424. The first-order valence-corrected chi connectivity index (χ1v) is 6.19. The van der Waals surface area contributed by atoms with Crippen LogP contribution in [-0.4, -0.2) is 11.9 Å². The predicted molar refractivity (Wildman–Crippen MR) is 71.2 cm³/mol. The van der Waals surface area contributed by atoms with Crippen molar-refractivity contribution in [1.29, 1.82) is 0 Å². The summed E-state index contributed by atoms with van der Waals surface area (Å²) >= 11 is 0.